The number of likely N-dealkylation sites (tertiary alicyclic amines) is 1. The summed E-state index contributed by atoms with van der Waals surface area (Å²) in [6.45, 7) is 3.83. The van der Waals surface area contributed by atoms with E-state index in [4.69, 9.17) is 14.2 Å². The zero-order valence-electron chi connectivity index (χ0n) is 17.7. The smallest absolute Gasteiger partial charge is 0.317 e. The van der Waals surface area contributed by atoms with E-state index in [1.54, 1.807) is 24.1 Å². The quantitative estimate of drug-likeness (QED) is 0.661. The Morgan fingerprint density at radius 3 is 2.63 bits per heavy atom. The molecule has 0 radical (unpaired) electrons. The van der Waals surface area contributed by atoms with Crippen LogP contribution in [0.5, 0.6) is 17.4 Å². The maximum Gasteiger partial charge on any atom is 0.317 e. The number of rotatable bonds is 8. The van der Waals surface area contributed by atoms with Gasteiger partial charge in [-0.15, -0.1) is 0 Å². The molecule has 7 heteroatoms. The van der Waals surface area contributed by atoms with E-state index in [2.05, 4.69) is 9.88 Å². The number of hydrogen-bond donors (Lipinski definition) is 0. The van der Waals surface area contributed by atoms with Crippen LogP contribution in [0.1, 0.15) is 44.9 Å². The van der Waals surface area contributed by atoms with Crippen LogP contribution in [-0.4, -0.2) is 53.9 Å². The fourth-order valence-corrected chi connectivity index (χ4v) is 4.23. The maximum absolute atomic E-state index is 12.9. The third-order valence-corrected chi connectivity index (χ3v) is 5.93. The predicted molar refractivity (Wildman–Crippen MR) is 115 cm³/mol. The highest BCUT2D eigenvalue weighted by molar-refractivity contribution is 5.49. The van der Waals surface area contributed by atoms with Gasteiger partial charge in [-0.2, -0.15) is 0 Å². The van der Waals surface area contributed by atoms with Gasteiger partial charge >= 0.3 is 5.56 Å². The molecule has 1 aliphatic heterocycles. The van der Waals surface area contributed by atoms with Gasteiger partial charge in [-0.25, -0.2) is 4.98 Å². The summed E-state index contributed by atoms with van der Waals surface area (Å²) < 4.78 is 18.9. The second kappa shape index (κ2) is 9.98. The fourth-order valence-electron chi connectivity index (χ4n) is 4.23. The van der Waals surface area contributed by atoms with Gasteiger partial charge in [0.2, 0.25) is 0 Å². The Morgan fingerprint density at radius 1 is 1.07 bits per heavy atom. The summed E-state index contributed by atoms with van der Waals surface area (Å²) >= 11 is 0. The molecule has 7 nitrogen and oxygen atoms in total. The Morgan fingerprint density at radius 2 is 1.87 bits per heavy atom. The van der Waals surface area contributed by atoms with Crippen molar-refractivity contribution in [1.29, 1.82) is 0 Å². The van der Waals surface area contributed by atoms with Crippen LogP contribution in [-0.2, 0) is 0 Å². The molecule has 30 heavy (non-hydrogen) atoms. The molecule has 1 saturated heterocycles. The normalized spacial score (nSPS) is 17.8. The third kappa shape index (κ3) is 4.95. The summed E-state index contributed by atoms with van der Waals surface area (Å²) in [5, 5.41) is 0. The van der Waals surface area contributed by atoms with E-state index in [1.807, 2.05) is 18.2 Å². The highest BCUT2D eigenvalue weighted by atomic mass is 16.5. The highest BCUT2D eigenvalue weighted by Gasteiger charge is 2.18. The fraction of sp³-hybridized carbons (Fsp3) is 0.565. The van der Waals surface area contributed by atoms with E-state index in [0.717, 1.165) is 45.3 Å². The first-order valence-corrected chi connectivity index (χ1v) is 11.0. The summed E-state index contributed by atoms with van der Waals surface area (Å²) in [5.41, 5.74) is 0.437. The molecule has 1 aliphatic carbocycles. The third-order valence-electron chi connectivity index (χ3n) is 5.93. The lowest BCUT2D eigenvalue weighted by Gasteiger charge is -2.22. The van der Waals surface area contributed by atoms with E-state index in [0.29, 0.717) is 23.8 Å². The molecule has 0 N–H and O–H groups in total. The molecule has 0 bridgehead atoms. The maximum atomic E-state index is 12.9. The van der Waals surface area contributed by atoms with Gasteiger partial charge in [0.1, 0.15) is 12.7 Å². The molecule has 1 aromatic heterocycles. The average Bonchev–Trinajstić information content (AvgIpc) is 3.30. The molecule has 2 aliphatic rings. The number of ether oxygens (including phenoxy) is 3. The Labute approximate surface area is 177 Å². The van der Waals surface area contributed by atoms with Gasteiger partial charge in [-0.1, -0.05) is 6.42 Å². The van der Waals surface area contributed by atoms with Crippen LogP contribution in [0, 0.1) is 0 Å². The standard InChI is InChI=1S/C23H31N3O4/c1-28-21-17-18(9-10-20(21)29-16-15-25-12-5-6-13-25)26-14-11-24-22(23(26)27)30-19-7-3-2-4-8-19/h9-11,14,17,19H,2-8,12-13,15-16H2,1H3. The van der Waals surface area contributed by atoms with Crippen LogP contribution >= 0.6 is 0 Å². The van der Waals surface area contributed by atoms with E-state index in [1.165, 1.54) is 19.3 Å². The van der Waals surface area contributed by atoms with Crippen molar-refractivity contribution in [3.05, 3.63) is 40.9 Å². The minimum atomic E-state index is -0.257. The first kappa shape index (κ1) is 20.7. The molecule has 0 atom stereocenters. The van der Waals surface area contributed by atoms with E-state index in [-0.39, 0.29) is 17.5 Å². The lowest BCUT2D eigenvalue weighted by molar-refractivity contribution is 0.146. The Bertz CT molecular complexity index is 886. The van der Waals surface area contributed by atoms with Gasteiger partial charge in [0.25, 0.3) is 5.88 Å². The van der Waals surface area contributed by atoms with Crippen molar-refractivity contribution in [2.75, 3.05) is 33.4 Å². The van der Waals surface area contributed by atoms with Crippen LogP contribution in [0.15, 0.2) is 35.4 Å². The lowest BCUT2D eigenvalue weighted by Crippen LogP contribution is -2.27. The number of aromatic nitrogens is 2. The molecular formula is C23H31N3O4. The number of benzene rings is 1. The van der Waals surface area contributed by atoms with Crippen LogP contribution < -0.4 is 19.8 Å². The van der Waals surface area contributed by atoms with E-state index < -0.39 is 0 Å². The first-order valence-electron chi connectivity index (χ1n) is 11.0. The summed E-state index contributed by atoms with van der Waals surface area (Å²) in [5.74, 6) is 1.45. The lowest BCUT2D eigenvalue weighted by atomic mass is 9.98. The molecule has 2 heterocycles. The molecule has 1 aromatic carbocycles. The average molecular weight is 414 g/mol. The molecule has 0 spiro atoms. The molecule has 2 fully saturated rings. The van der Waals surface area contributed by atoms with Crippen molar-refractivity contribution < 1.29 is 14.2 Å². The molecule has 162 valence electrons. The topological polar surface area (TPSA) is 65.8 Å². The summed E-state index contributed by atoms with van der Waals surface area (Å²) in [4.78, 5) is 19.5. The number of methoxy groups -OCH3 is 1. The monoisotopic (exact) mass is 413 g/mol. The van der Waals surface area contributed by atoms with Crippen LogP contribution in [0.25, 0.3) is 5.69 Å². The zero-order chi connectivity index (χ0) is 20.8. The molecule has 4 rings (SSSR count). The van der Waals surface area contributed by atoms with Crippen molar-refractivity contribution >= 4 is 0 Å². The molecule has 0 amide bonds. The summed E-state index contributed by atoms with van der Waals surface area (Å²) in [6.07, 6.45) is 11.3. The minimum Gasteiger partial charge on any atom is -0.493 e. The van der Waals surface area contributed by atoms with Gasteiger partial charge in [-0.05, 0) is 63.7 Å². The minimum absolute atomic E-state index is 0.0794. The van der Waals surface area contributed by atoms with Crippen LogP contribution in [0.4, 0.5) is 0 Å². The van der Waals surface area contributed by atoms with Gasteiger partial charge < -0.3 is 14.2 Å². The number of hydrogen-bond acceptors (Lipinski definition) is 6. The predicted octanol–water partition coefficient (Wildman–Crippen LogP) is 3.43. The van der Waals surface area contributed by atoms with Crippen LogP contribution in [0.2, 0.25) is 0 Å². The second-order valence-electron chi connectivity index (χ2n) is 8.02. The SMILES string of the molecule is COc1cc(-n2ccnc(OC3CCCCC3)c2=O)ccc1OCCN1CCCC1. The Hall–Kier alpha value is -2.54. The Balaban J connectivity index is 1.47. The number of nitrogens with zero attached hydrogens (tertiary/aromatic N) is 3. The molecule has 1 saturated carbocycles. The van der Waals surface area contributed by atoms with Crippen molar-refractivity contribution in [2.45, 2.75) is 51.0 Å². The van der Waals surface area contributed by atoms with Gasteiger partial charge in [-0.3, -0.25) is 14.3 Å². The van der Waals surface area contributed by atoms with E-state index in [9.17, 15) is 4.79 Å². The second-order valence-corrected chi connectivity index (χ2v) is 8.02. The first-order chi connectivity index (χ1) is 14.7. The zero-order valence-corrected chi connectivity index (χ0v) is 17.7. The highest BCUT2D eigenvalue weighted by Crippen LogP contribution is 2.29. The van der Waals surface area contributed by atoms with Gasteiger partial charge in [0.05, 0.1) is 12.8 Å². The summed E-state index contributed by atoms with van der Waals surface area (Å²) in [6, 6.07) is 5.53. The molecule has 2 aromatic rings. The Kier molecular flexibility index (Phi) is 6.89. The van der Waals surface area contributed by atoms with Crippen LogP contribution in [0.3, 0.4) is 0 Å². The van der Waals surface area contributed by atoms with Gasteiger partial charge in [0, 0.05) is 25.0 Å². The van der Waals surface area contributed by atoms with Gasteiger partial charge in [0.15, 0.2) is 11.5 Å². The summed E-state index contributed by atoms with van der Waals surface area (Å²) in [7, 11) is 1.61. The molecular weight excluding hydrogens is 382 g/mol. The van der Waals surface area contributed by atoms with Crippen molar-refractivity contribution in [3.8, 4) is 23.1 Å². The van der Waals surface area contributed by atoms with Crippen molar-refractivity contribution in [3.63, 3.8) is 0 Å². The molecule has 0 unspecified atom stereocenters. The van der Waals surface area contributed by atoms with E-state index >= 15 is 0 Å². The largest absolute Gasteiger partial charge is 0.493 e. The van der Waals surface area contributed by atoms with Crippen molar-refractivity contribution in [2.24, 2.45) is 0 Å². The van der Waals surface area contributed by atoms with Crippen molar-refractivity contribution in [1.82, 2.24) is 14.5 Å².